The second-order valence-electron chi connectivity index (χ2n) is 9.06. The van der Waals surface area contributed by atoms with Crippen LogP contribution in [-0.2, 0) is 11.3 Å². The van der Waals surface area contributed by atoms with Crippen LogP contribution in [0.4, 0.5) is 0 Å². The standard InChI is InChI=1S/C30H30N4O3/c1-37-27-15-9-8-14-25(27)26-16-17-28(35)34(31-26)22-29(36)32-18-20-33(21-19-32)30(23-10-4-2-5-11-23)24-12-6-3-7-13-24/h2-17,30H,18-22H2,1H3. The fraction of sp³-hybridized carbons (Fsp3) is 0.233. The predicted molar refractivity (Wildman–Crippen MR) is 143 cm³/mol. The predicted octanol–water partition coefficient (Wildman–Crippen LogP) is 3.85. The van der Waals surface area contributed by atoms with Gasteiger partial charge in [0.05, 0.1) is 18.8 Å². The first-order chi connectivity index (χ1) is 18.1. The van der Waals surface area contributed by atoms with Crippen molar-refractivity contribution in [3.63, 3.8) is 0 Å². The molecule has 1 saturated heterocycles. The van der Waals surface area contributed by atoms with E-state index in [0.717, 1.165) is 18.7 Å². The second-order valence-corrected chi connectivity index (χ2v) is 9.06. The smallest absolute Gasteiger partial charge is 0.267 e. The number of benzene rings is 3. The molecule has 7 nitrogen and oxygen atoms in total. The number of piperazine rings is 1. The second kappa shape index (κ2) is 11.2. The zero-order chi connectivity index (χ0) is 25.6. The highest BCUT2D eigenvalue weighted by Gasteiger charge is 2.28. The number of ether oxygens (including phenoxy) is 1. The van der Waals surface area contributed by atoms with E-state index in [-0.39, 0.29) is 24.1 Å². The van der Waals surface area contributed by atoms with E-state index in [2.05, 4.69) is 58.5 Å². The first-order valence-electron chi connectivity index (χ1n) is 12.5. The minimum atomic E-state index is -0.307. The molecule has 0 atom stereocenters. The van der Waals surface area contributed by atoms with Gasteiger partial charge in [0.2, 0.25) is 5.91 Å². The van der Waals surface area contributed by atoms with Crippen molar-refractivity contribution in [1.82, 2.24) is 19.6 Å². The summed E-state index contributed by atoms with van der Waals surface area (Å²) < 4.78 is 6.68. The van der Waals surface area contributed by atoms with Crippen LogP contribution in [0.25, 0.3) is 11.3 Å². The van der Waals surface area contributed by atoms with Crippen LogP contribution in [0.15, 0.2) is 102 Å². The van der Waals surface area contributed by atoms with Gasteiger partial charge in [-0.25, -0.2) is 4.68 Å². The van der Waals surface area contributed by atoms with Gasteiger partial charge in [-0.15, -0.1) is 0 Å². The summed E-state index contributed by atoms with van der Waals surface area (Å²) in [6, 6.07) is 31.7. The number of rotatable bonds is 7. The van der Waals surface area contributed by atoms with Crippen LogP contribution in [0.3, 0.4) is 0 Å². The number of hydrogen-bond acceptors (Lipinski definition) is 5. The van der Waals surface area contributed by atoms with Gasteiger partial charge in [-0.2, -0.15) is 5.10 Å². The number of para-hydroxylation sites is 1. The summed E-state index contributed by atoms with van der Waals surface area (Å²) in [5.41, 5.74) is 3.52. The monoisotopic (exact) mass is 494 g/mol. The minimum absolute atomic E-state index is 0.0946. The summed E-state index contributed by atoms with van der Waals surface area (Å²) in [7, 11) is 1.60. The Balaban J connectivity index is 1.29. The van der Waals surface area contributed by atoms with Crippen molar-refractivity contribution in [2.24, 2.45) is 0 Å². The Morgan fingerprint density at radius 3 is 2.03 bits per heavy atom. The summed E-state index contributed by atoms with van der Waals surface area (Å²) in [5.74, 6) is 0.552. The molecule has 0 saturated carbocycles. The van der Waals surface area contributed by atoms with E-state index in [9.17, 15) is 9.59 Å². The zero-order valence-corrected chi connectivity index (χ0v) is 20.9. The van der Waals surface area contributed by atoms with Crippen molar-refractivity contribution in [2.75, 3.05) is 33.3 Å². The largest absolute Gasteiger partial charge is 0.496 e. The maximum atomic E-state index is 13.2. The van der Waals surface area contributed by atoms with Gasteiger partial charge in [0.1, 0.15) is 12.3 Å². The van der Waals surface area contributed by atoms with E-state index < -0.39 is 0 Å². The Kier molecular flexibility index (Phi) is 7.42. The lowest BCUT2D eigenvalue weighted by molar-refractivity contribution is -0.134. The lowest BCUT2D eigenvalue weighted by Gasteiger charge is -2.39. The average molecular weight is 495 g/mol. The molecular formula is C30H30N4O3. The van der Waals surface area contributed by atoms with E-state index in [1.54, 1.807) is 13.2 Å². The molecule has 5 rings (SSSR count). The summed E-state index contributed by atoms with van der Waals surface area (Å²) in [4.78, 5) is 30.0. The normalized spacial score (nSPS) is 14.1. The van der Waals surface area contributed by atoms with E-state index in [4.69, 9.17) is 4.74 Å². The van der Waals surface area contributed by atoms with E-state index in [1.165, 1.54) is 21.9 Å². The fourth-order valence-electron chi connectivity index (χ4n) is 4.90. The van der Waals surface area contributed by atoms with Crippen molar-refractivity contribution in [3.05, 3.63) is 119 Å². The van der Waals surface area contributed by atoms with Gasteiger partial charge in [-0.3, -0.25) is 14.5 Å². The lowest BCUT2D eigenvalue weighted by atomic mass is 9.96. The van der Waals surface area contributed by atoms with Crippen molar-refractivity contribution in [3.8, 4) is 17.0 Å². The topological polar surface area (TPSA) is 67.7 Å². The van der Waals surface area contributed by atoms with Crippen LogP contribution in [0.1, 0.15) is 17.2 Å². The number of carbonyl (C=O) groups excluding carboxylic acids is 1. The number of methoxy groups -OCH3 is 1. The van der Waals surface area contributed by atoms with Crippen molar-refractivity contribution < 1.29 is 9.53 Å². The molecule has 0 bridgehead atoms. The molecule has 0 spiro atoms. The molecule has 2 heterocycles. The average Bonchev–Trinajstić information content (AvgIpc) is 2.96. The molecule has 188 valence electrons. The molecule has 7 heteroatoms. The van der Waals surface area contributed by atoms with Crippen LogP contribution >= 0.6 is 0 Å². The third-order valence-corrected chi connectivity index (χ3v) is 6.80. The zero-order valence-electron chi connectivity index (χ0n) is 20.9. The number of hydrogen-bond donors (Lipinski definition) is 0. The molecule has 4 aromatic rings. The van der Waals surface area contributed by atoms with Crippen LogP contribution in [-0.4, -0.2) is 58.8 Å². The molecule has 3 aromatic carbocycles. The van der Waals surface area contributed by atoms with Crippen LogP contribution in [0.5, 0.6) is 5.75 Å². The number of amides is 1. The maximum absolute atomic E-state index is 13.2. The van der Waals surface area contributed by atoms with Crippen molar-refractivity contribution >= 4 is 5.91 Å². The summed E-state index contributed by atoms with van der Waals surface area (Å²) in [6.45, 7) is 2.57. The van der Waals surface area contributed by atoms with Gasteiger partial charge >= 0.3 is 0 Å². The molecule has 0 unspecified atom stereocenters. The van der Waals surface area contributed by atoms with Crippen LogP contribution in [0, 0.1) is 0 Å². The van der Waals surface area contributed by atoms with E-state index in [0.29, 0.717) is 24.5 Å². The highest BCUT2D eigenvalue weighted by molar-refractivity contribution is 5.76. The molecule has 0 N–H and O–H groups in total. The minimum Gasteiger partial charge on any atom is -0.496 e. The van der Waals surface area contributed by atoms with Gasteiger partial charge in [-0.05, 0) is 29.3 Å². The Bertz CT molecular complexity index is 1360. The first-order valence-corrected chi connectivity index (χ1v) is 12.5. The Morgan fingerprint density at radius 2 is 1.41 bits per heavy atom. The molecule has 0 aliphatic carbocycles. The number of carbonyl (C=O) groups is 1. The van der Waals surface area contributed by atoms with Gasteiger partial charge in [-0.1, -0.05) is 72.8 Å². The molecule has 1 fully saturated rings. The van der Waals surface area contributed by atoms with Crippen molar-refractivity contribution in [2.45, 2.75) is 12.6 Å². The first kappa shape index (κ1) is 24.5. The van der Waals surface area contributed by atoms with Crippen LogP contribution < -0.4 is 10.3 Å². The quantitative estimate of drug-likeness (QED) is 0.390. The SMILES string of the molecule is COc1ccccc1-c1ccc(=O)n(CC(=O)N2CCN(C(c3ccccc3)c3ccccc3)CC2)n1. The summed E-state index contributed by atoms with van der Waals surface area (Å²) in [5, 5.41) is 4.47. The molecular weight excluding hydrogens is 464 g/mol. The summed E-state index contributed by atoms with van der Waals surface area (Å²) in [6.07, 6.45) is 0. The molecule has 1 aliphatic heterocycles. The highest BCUT2D eigenvalue weighted by Crippen LogP contribution is 2.30. The molecule has 0 radical (unpaired) electrons. The van der Waals surface area contributed by atoms with E-state index in [1.807, 2.05) is 41.3 Å². The highest BCUT2D eigenvalue weighted by atomic mass is 16.5. The molecule has 1 aliphatic rings. The fourth-order valence-corrected chi connectivity index (χ4v) is 4.90. The van der Waals surface area contributed by atoms with Gasteiger partial charge in [0.25, 0.3) is 5.56 Å². The molecule has 37 heavy (non-hydrogen) atoms. The Hall–Kier alpha value is -4.23. The van der Waals surface area contributed by atoms with Gasteiger partial charge < -0.3 is 9.64 Å². The number of nitrogens with zero attached hydrogens (tertiary/aromatic N) is 4. The Morgan fingerprint density at radius 1 is 0.811 bits per heavy atom. The third kappa shape index (κ3) is 5.47. The lowest BCUT2D eigenvalue weighted by Crippen LogP contribution is -2.51. The molecule has 1 aromatic heterocycles. The number of aromatic nitrogens is 2. The van der Waals surface area contributed by atoms with Crippen LogP contribution in [0.2, 0.25) is 0 Å². The van der Waals surface area contributed by atoms with Crippen molar-refractivity contribution in [1.29, 1.82) is 0 Å². The van der Waals surface area contributed by atoms with Gasteiger partial charge in [0.15, 0.2) is 0 Å². The maximum Gasteiger partial charge on any atom is 0.267 e. The third-order valence-electron chi connectivity index (χ3n) is 6.80. The summed E-state index contributed by atoms with van der Waals surface area (Å²) >= 11 is 0. The Labute approximate surface area is 216 Å². The molecule has 1 amide bonds. The van der Waals surface area contributed by atoms with Gasteiger partial charge in [0, 0.05) is 37.8 Å². The van der Waals surface area contributed by atoms with E-state index >= 15 is 0 Å².